The van der Waals surface area contributed by atoms with E-state index in [2.05, 4.69) is 15.8 Å². The van der Waals surface area contributed by atoms with Crippen LogP contribution in [0.1, 0.15) is 37.4 Å². The van der Waals surface area contributed by atoms with E-state index >= 15 is 0 Å². The third-order valence-corrected chi connectivity index (χ3v) is 6.02. The lowest BCUT2D eigenvalue weighted by atomic mass is 10.1. The van der Waals surface area contributed by atoms with Gasteiger partial charge in [0.2, 0.25) is 0 Å². The van der Waals surface area contributed by atoms with Crippen molar-refractivity contribution in [3.8, 4) is 5.75 Å². The number of nitrogens with zero attached hydrogens (tertiary/aromatic N) is 3. The van der Waals surface area contributed by atoms with E-state index in [4.69, 9.17) is 4.74 Å². The highest BCUT2D eigenvalue weighted by atomic mass is 16.6. The van der Waals surface area contributed by atoms with Crippen molar-refractivity contribution in [2.75, 3.05) is 5.32 Å². The highest BCUT2D eigenvalue weighted by molar-refractivity contribution is 6.04. The lowest BCUT2D eigenvalue weighted by molar-refractivity contribution is -0.385. The lowest BCUT2D eigenvalue weighted by Crippen LogP contribution is -2.18. The average Bonchev–Trinajstić information content (AvgIpc) is 3.01. The predicted molar refractivity (Wildman–Crippen MR) is 161 cm³/mol. The van der Waals surface area contributed by atoms with E-state index in [9.17, 15) is 34.6 Å². The maximum Gasteiger partial charge on any atom is 0.336 e. The quantitative estimate of drug-likeness (QED) is 0.0607. The second-order valence-corrected chi connectivity index (χ2v) is 9.18. The fraction of sp³-hybridized carbons (Fsp3) is 0.0323. The maximum atomic E-state index is 12.6. The second kappa shape index (κ2) is 13.9. The number of aryl methyl sites for hydroxylation is 1. The third-order valence-electron chi connectivity index (χ3n) is 6.02. The number of hydrogen-bond donors (Lipinski definition) is 2. The van der Waals surface area contributed by atoms with Crippen LogP contribution in [0.5, 0.6) is 5.75 Å². The SMILES string of the molecule is Cc1ccc(C(=O)Nc2ccc(C(=O)N/N=C/c3cc([N+](=O)[O-])ccc3OC(=O)/C=C/c3ccc([N+](=O)[O-])cc3)cc2)cc1. The highest BCUT2D eigenvalue weighted by Gasteiger charge is 2.14. The first-order valence-electron chi connectivity index (χ1n) is 12.8. The van der Waals surface area contributed by atoms with Gasteiger partial charge in [-0.15, -0.1) is 0 Å². The first kappa shape index (κ1) is 30.5. The number of benzene rings is 4. The summed E-state index contributed by atoms with van der Waals surface area (Å²) in [4.78, 5) is 58.2. The number of nitrogens with one attached hydrogen (secondary N) is 2. The number of amides is 2. The molecule has 13 nitrogen and oxygen atoms in total. The van der Waals surface area contributed by atoms with Gasteiger partial charge in [0, 0.05) is 52.7 Å². The number of carbonyl (C=O) groups excluding carboxylic acids is 3. The number of nitro benzene ring substituents is 2. The summed E-state index contributed by atoms with van der Waals surface area (Å²) < 4.78 is 5.29. The molecule has 0 heterocycles. The minimum absolute atomic E-state index is 0.0331. The van der Waals surface area contributed by atoms with Crippen molar-refractivity contribution in [2.45, 2.75) is 6.92 Å². The number of anilines is 1. The molecule has 2 amide bonds. The molecule has 0 spiro atoms. The molecule has 0 saturated heterocycles. The smallest absolute Gasteiger partial charge is 0.336 e. The maximum absolute atomic E-state index is 12.6. The Bertz CT molecular complexity index is 1780. The van der Waals surface area contributed by atoms with Crippen LogP contribution < -0.4 is 15.5 Å². The third kappa shape index (κ3) is 8.27. The van der Waals surface area contributed by atoms with Crippen LogP contribution in [0, 0.1) is 27.2 Å². The van der Waals surface area contributed by atoms with Gasteiger partial charge in [0.1, 0.15) is 5.75 Å². The van der Waals surface area contributed by atoms with Gasteiger partial charge >= 0.3 is 5.97 Å². The summed E-state index contributed by atoms with van der Waals surface area (Å²) >= 11 is 0. The zero-order chi connectivity index (χ0) is 31.6. The van der Waals surface area contributed by atoms with Crippen LogP contribution in [0.4, 0.5) is 17.1 Å². The van der Waals surface area contributed by atoms with Gasteiger partial charge in [-0.25, -0.2) is 10.2 Å². The summed E-state index contributed by atoms with van der Waals surface area (Å²) in [7, 11) is 0. The number of hydrogen-bond acceptors (Lipinski definition) is 9. The van der Waals surface area contributed by atoms with Gasteiger partial charge in [-0.1, -0.05) is 17.7 Å². The molecular weight excluding hydrogens is 570 g/mol. The minimum Gasteiger partial charge on any atom is -0.423 e. The van der Waals surface area contributed by atoms with E-state index in [1.54, 1.807) is 24.3 Å². The molecule has 220 valence electrons. The van der Waals surface area contributed by atoms with Crippen molar-refractivity contribution in [3.05, 3.63) is 145 Å². The molecule has 0 aliphatic carbocycles. The fourth-order valence-electron chi connectivity index (χ4n) is 3.70. The number of ether oxygens (including phenoxy) is 1. The van der Waals surface area contributed by atoms with E-state index in [-0.39, 0.29) is 34.2 Å². The van der Waals surface area contributed by atoms with Crippen LogP contribution in [-0.4, -0.2) is 33.8 Å². The van der Waals surface area contributed by atoms with Crippen LogP contribution in [0.2, 0.25) is 0 Å². The van der Waals surface area contributed by atoms with Gasteiger partial charge in [-0.05, 0) is 73.2 Å². The van der Waals surface area contributed by atoms with Gasteiger partial charge in [0.25, 0.3) is 23.2 Å². The van der Waals surface area contributed by atoms with Gasteiger partial charge in [0.15, 0.2) is 0 Å². The van der Waals surface area contributed by atoms with E-state index in [1.807, 2.05) is 19.1 Å². The Balaban J connectivity index is 1.40. The van der Waals surface area contributed by atoms with Crippen molar-refractivity contribution < 1.29 is 29.0 Å². The summed E-state index contributed by atoms with van der Waals surface area (Å²) in [5.74, 6) is -1.80. The molecule has 0 unspecified atom stereocenters. The molecule has 4 aromatic rings. The highest BCUT2D eigenvalue weighted by Crippen LogP contribution is 2.23. The Morgan fingerprint density at radius 2 is 1.36 bits per heavy atom. The van der Waals surface area contributed by atoms with E-state index in [0.29, 0.717) is 16.8 Å². The second-order valence-electron chi connectivity index (χ2n) is 9.18. The van der Waals surface area contributed by atoms with Gasteiger partial charge in [-0.3, -0.25) is 29.8 Å². The van der Waals surface area contributed by atoms with Gasteiger partial charge in [-0.2, -0.15) is 5.10 Å². The molecule has 0 aliphatic heterocycles. The van der Waals surface area contributed by atoms with Gasteiger partial charge in [0.05, 0.1) is 16.1 Å². The Kier molecular flexibility index (Phi) is 9.63. The average molecular weight is 594 g/mol. The van der Waals surface area contributed by atoms with Crippen molar-refractivity contribution >= 4 is 47.1 Å². The molecule has 2 N–H and O–H groups in total. The van der Waals surface area contributed by atoms with Crippen molar-refractivity contribution in [3.63, 3.8) is 0 Å². The number of rotatable bonds is 10. The Labute approximate surface area is 249 Å². The zero-order valence-electron chi connectivity index (χ0n) is 23.0. The van der Waals surface area contributed by atoms with E-state index in [0.717, 1.165) is 30.0 Å². The summed E-state index contributed by atoms with van der Waals surface area (Å²) in [5.41, 5.74) is 4.63. The van der Waals surface area contributed by atoms with Gasteiger partial charge < -0.3 is 10.1 Å². The Morgan fingerprint density at radius 1 is 0.773 bits per heavy atom. The number of esters is 1. The molecule has 0 radical (unpaired) electrons. The van der Waals surface area contributed by atoms with Crippen LogP contribution in [0.15, 0.2) is 102 Å². The fourth-order valence-corrected chi connectivity index (χ4v) is 3.70. The van der Waals surface area contributed by atoms with Crippen LogP contribution in [-0.2, 0) is 4.79 Å². The number of hydrazone groups is 1. The molecule has 0 aliphatic rings. The first-order chi connectivity index (χ1) is 21.1. The summed E-state index contributed by atoms with van der Waals surface area (Å²) in [5, 5.41) is 28.6. The number of nitro groups is 2. The van der Waals surface area contributed by atoms with Crippen molar-refractivity contribution in [2.24, 2.45) is 5.10 Å². The molecular formula is C31H23N5O8. The lowest BCUT2D eigenvalue weighted by Gasteiger charge is -2.07. The molecule has 0 atom stereocenters. The van der Waals surface area contributed by atoms with E-state index in [1.165, 1.54) is 48.5 Å². The van der Waals surface area contributed by atoms with Crippen molar-refractivity contribution in [1.29, 1.82) is 0 Å². The molecule has 44 heavy (non-hydrogen) atoms. The molecule has 4 aromatic carbocycles. The first-order valence-corrected chi connectivity index (χ1v) is 12.8. The number of non-ortho nitro benzene ring substituents is 2. The summed E-state index contributed by atoms with van der Waals surface area (Å²) in [6.45, 7) is 1.92. The van der Waals surface area contributed by atoms with E-state index < -0.39 is 21.7 Å². The topological polar surface area (TPSA) is 183 Å². The molecule has 4 rings (SSSR count). The minimum atomic E-state index is -0.828. The summed E-state index contributed by atoms with van der Waals surface area (Å²) in [6, 6.07) is 22.0. The molecule has 0 saturated carbocycles. The molecule has 0 fully saturated rings. The van der Waals surface area contributed by atoms with Crippen LogP contribution >= 0.6 is 0 Å². The Morgan fingerprint density at radius 3 is 2.00 bits per heavy atom. The zero-order valence-corrected chi connectivity index (χ0v) is 23.0. The predicted octanol–water partition coefficient (Wildman–Crippen LogP) is 5.45. The van der Waals surface area contributed by atoms with Crippen LogP contribution in [0.3, 0.4) is 0 Å². The molecule has 0 bridgehead atoms. The number of carbonyl (C=O) groups is 3. The normalized spacial score (nSPS) is 10.8. The largest absolute Gasteiger partial charge is 0.423 e. The molecule has 0 aromatic heterocycles. The van der Waals surface area contributed by atoms with Crippen molar-refractivity contribution in [1.82, 2.24) is 5.43 Å². The van der Waals surface area contributed by atoms with Crippen LogP contribution in [0.25, 0.3) is 6.08 Å². The summed E-state index contributed by atoms with van der Waals surface area (Å²) in [6.07, 6.45) is 3.55. The molecule has 13 heteroatoms. The Hall–Kier alpha value is -6.50. The monoisotopic (exact) mass is 593 g/mol. The standard InChI is InChI=1S/C31H23N5O8/c1-20-2-7-22(8-3-20)30(38)33-25-11-9-23(10-12-25)31(39)34-32-19-24-18-27(36(42)43)15-16-28(24)44-29(37)17-6-21-4-13-26(14-5-21)35(40)41/h2-19H,1H3,(H,33,38)(H,34,39)/b17-6+,32-19+.